The van der Waals surface area contributed by atoms with Gasteiger partial charge in [0, 0.05) is 38.6 Å². The Morgan fingerprint density at radius 2 is 0.632 bits per heavy atom. The van der Waals surface area contributed by atoms with E-state index in [0.29, 0.717) is 17.5 Å². The zero-order valence-electron chi connectivity index (χ0n) is 37.5. The van der Waals surface area contributed by atoms with Crippen molar-refractivity contribution < 1.29 is 0 Å². The maximum absolute atomic E-state index is 5.48. The lowest BCUT2D eigenvalue weighted by atomic mass is 9.92. The third-order valence-electron chi connectivity index (χ3n) is 12.9. The average Bonchev–Trinajstić information content (AvgIpc) is 3.74. The fourth-order valence-electron chi connectivity index (χ4n) is 9.56. The molecule has 0 unspecified atom stereocenters. The molecule has 0 fully saturated rings. The lowest BCUT2D eigenvalue weighted by Crippen LogP contribution is -2.04. The van der Waals surface area contributed by atoms with E-state index in [1.807, 2.05) is 6.07 Å². The van der Waals surface area contributed by atoms with Gasteiger partial charge in [0.2, 0.25) is 0 Å². The van der Waals surface area contributed by atoms with Gasteiger partial charge in [0.1, 0.15) is 0 Å². The van der Waals surface area contributed by atoms with Gasteiger partial charge in [0.15, 0.2) is 17.5 Å². The summed E-state index contributed by atoms with van der Waals surface area (Å²) in [6.07, 6.45) is 0. The largest absolute Gasteiger partial charge is 0.308 e. The van der Waals surface area contributed by atoms with Gasteiger partial charge < -0.3 is 4.57 Å². The monoisotopic (exact) mass is 868 g/mol. The molecule has 0 spiro atoms. The Bertz CT molecular complexity index is 3630. The van der Waals surface area contributed by atoms with Gasteiger partial charge in [0.25, 0.3) is 0 Å². The van der Waals surface area contributed by atoms with Gasteiger partial charge in [-0.3, -0.25) is 0 Å². The van der Waals surface area contributed by atoms with Gasteiger partial charge in [-0.25, -0.2) is 15.0 Å². The molecule has 0 saturated heterocycles. The number of hydrogen-bond acceptors (Lipinski definition) is 3. The average molecular weight is 869 g/mol. The van der Waals surface area contributed by atoms with E-state index in [0.717, 1.165) is 89.0 Å². The van der Waals surface area contributed by atoms with Crippen molar-refractivity contribution in [1.29, 1.82) is 0 Å². The van der Waals surface area contributed by atoms with Crippen molar-refractivity contribution in [2.75, 3.05) is 0 Å². The normalized spacial score (nSPS) is 11.3. The molecule has 12 aromatic rings. The zero-order chi connectivity index (χ0) is 45.4. The first-order valence-corrected chi connectivity index (χ1v) is 23.1. The molecule has 0 atom stereocenters. The summed E-state index contributed by atoms with van der Waals surface area (Å²) in [4.78, 5) is 16.2. The fourth-order valence-corrected chi connectivity index (χ4v) is 9.56. The Balaban J connectivity index is 1.14. The first-order valence-electron chi connectivity index (χ1n) is 23.1. The van der Waals surface area contributed by atoms with Crippen molar-refractivity contribution in [3.63, 3.8) is 0 Å². The number of nitrogens with zero attached hydrogens (tertiary/aromatic N) is 4. The lowest BCUT2D eigenvalue weighted by Gasteiger charge is -2.21. The van der Waals surface area contributed by atoms with Crippen LogP contribution < -0.4 is 0 Å². The highest BCUT2D eigenvalue weighted by molar-refractivity contribution is 6.11. The van der Waals surface area contributed by atoms with Crippen molar-refractivity contribution in [3.05, 3.63) is 254 Å². The molecule has 0 bridgehead atoms. The van der Waals surface area contributed by atoms with Crippen LogP contribution in [0, 0.1) is 6.92 Å². The molecule has 10 aromatic carbocycles. The van der Waals surface area contributed by atoms with Crippen LogP contribution in [0.15, 0.2) is 249 Å². The summed E-state index contributed by atoms with van der Waals surface area (Å²) in [6, 6.07) is 88.3. The predicted octanol–water partition coefficient (Wildman–Crippen LogP) is 16.6. The summed E-state index contributed by atoms with van der Waals surface area (Å²) >= 11 is 0. The van der Waals surface area contributed by atoms with E-state index in [4.69, 9.17) is 15.0 Å². The van der Waals surface area contributed by atoms with Crippen molar-refractivity contribution in [3.8, 4) is 95.5 Å². The van der Waals surface area contributed by atoms with Crippen molar-refractivity contribution in [2.45, 2.75) is 6.92 Å². The minimum atomic E-state index is 0.585. The van der Waals surface area contributed by atoms with E-state index in [1.54, 1.807) is 0 Å². The Kier molecular flexibility index (Phi) is 10.4. The van der Waals surface area contributed by atoms with Crippen LogP contribution in [0.25, 0.3) is 117 Å². The molecule has 4 heteroatoms. The highest BCUT2D eigenvalue weighted by atomic mass is 15.0. The molecule has 12 rings (SSSR count). The molecule has 0 aliphatic rings. The van der Waals surface area contributed by atoms with E-state index >= 15 is 0 Å². The lowest BCUT2D eigenvalue weighted by molar-refractivity contribution is 1.07. The summed E-state index contributed by atoms with van der Waals surface area (Å²) < 4.78 is 2.46. The predicted molar refractivity (Wildman–Crippen MR) is 282 cm³/mol. The molecule has 0 saturated carbocycles. The molecule has 0 amide bonds. The quantitative estimate of drug-likeness (QED) is 0.145. The maximum atomic E-state index is 5.48. The molecular weight excluding hydrogens is 825 g/mol. The highest BCUT2D eigenvalue weighted by Crippen LogP contribution is 2.44. The van der Waals surface area contributed by atoms with Gasteiger partial charge in [-0.05, 0) is 100.0 Å². The number of aromatic nitrogens is 4. The van der Waals surface area contributed by atoms with Crippen molar-refractivity contribution in [2.24, 2.45) is 0 Å². The molecular formula is C64H44N4. The number of aryl methyl sites for hydroxylation is 1. The standard InChI is InChI=1S/C64H44N4/c1-43-31-36-60-58(37-43)55-29-17-18-30-59(55)68(60)61-56(48-25-13-5-14-26-48)41-54(42-57(61)49-27-15-6-16-28-49)64-66-62(50-34-32-47(33-35-50)44-19-7-2-8-20-44)65-63(67-64)53-39-51(45-21-9-3-10-22-45)38-52(40-53)46-23-11-4-12-24-46/h2-42H,1H3. The van der Waals surface area contributed by atoms with Gasteiger partial charge in [0.05, 0.1) is 16.7 Å². The Hall–Kier alpha value is -8.99. The summed E-state index contributed by atoms with van der Waals surface area (Å²) in [6.45, 7) is 2.17. The van der Waals surface area contributed by atoms with Gasteiger partial charge in [-0.1, -0.05) is 206 Å². The molecule has 320 valence electrons. The minimum Gasteiger partial charge on any atom is -0.308 e. The fraction of sp³-hybridized carbons (Fsp3) is 0.0156. The maximum Gasteiger partial charge on any atom is 0.164 e. The first kappa shape index (κ1) is 40.5. The summed E-state index contributed by atoms with van der Waals surface area (Å²) in [7, 11) is 0. The number of para-hydroxylation sites is 1. The summed E-state index contributed by atoms with van der Waals surface area (Å²) in [5, 5.41) is 2.44. The van der Waals surface area contributed by atoms with Crippen LogP contribution in [0.3, 0.4) is 0 Å². The van der Waals surface area contributed by atoms with E-state index in [9.17, 15) is 0 Å². The molecule has 2 heterocycles. The molecule has 0 aliphatic heterocycles. The number of benzene rings is 10. The zero-order valence-corrected chi connectivity index (χ0v) is 37.5. The second-order valence-corrected chi connectivity index (χ2v) is 17.3. The van der Waals surface area contributed by atoms with Crippen LogP contribution in [0.2, 0.25) is 0 Å². The van der Waals surface area contributed by atoms with E-state index < -0.39 is 0 Å². The van der Waals surface area contributed by atoms with E-state index in [2.05, 4.69) is 254 Å². The van der Waals surface area contributed by atoms with Crippen LogP contribution >= 0.6 is 0 Å². The Morgan fingerprint density at radius 3 is 1.15 bits per heavy atom. The third kappa shape index (κ3) is 7.64. The van der Waals surface area contributed by atoms with Crippen molar-refractivity contribution in [1.82, 2.24) is 19.5 Å². The smallest absolute Gasteiger partial charge is 0.164 e. The van der Waals surface area contributed by atoms with E-state index in [1.165, 1.54) is 16.3 Å². The second kappa shape index (κ2) is 17.4. The van der Waals surface area contributed by atoms with Crippen LogP contribution in [-0.4, -0.2) is 19.5 Å². The Labute approximate surface area is 396 Å². The third-order valence-corrected chi connectivity index (χ3v) is 12.9. The molecule has 68 heavy (non-hydrogen) atoms. The molecule has 0 N–H and O–H groups in total. The van der Waals surface area contributed by atoms with Gasteiger partial charge in [-0.2, -0.15) is 0 Å². The summed E-state index contributed by atoms with van der Waals surface area (Å²) in [5.74, 6) is 1.78. The van der Waals surface area contributed by atoms with Crippen LogP contribution in [0.4, 0.5) is 0 Å². The van der Waals surface area contributed by atoms with Gasteiger partial charge >= 0.3 is 0 Å². The highest BCUT2D eigenvalue weighted by Gasteiger charge is 2.23. The second-order valence-electron chi connectivity index (χ2n) is 17.3. The van der Waals surface area contributed by atoms with Gasteiger partial charge in [-0.15, -0.1) is 0 Å². The number of hydrogen-bond donors (Lipinski definition) is 0. The molecule has 0 aliphatic carbocycles. The Morgan fingerprint density at radius 1 is 0.265 bits per heavy atom. The molecule has 4 nitrogen and oxygen atoms in total. The topological polar surface area (TPSA) is 43.6 Å². The number of fused-ring (bicyclic) bond motifs is 3. The van der Waals surface area contributed by atoms with Crippen LogP contribution in [0.5, 0.6) is 0 Å². The summed E-state index contributed by atoms with van der Waals surface area (Å²) in [5.41, 5.74) is 18.3. The van der Waals surface area contributed by atoms with E-state index in [-0.39, 0.29) is 0 Å². The molecule has 0 radical (unpaired) electrons. The van der Waals surface area contributed by atoms with Crippen LogP contribution in [-0.2, 0) is 0 Å². The SMILES string of the molecule is Cc1ccc2c(c1)c1ccccc1n2-c1c(-c2ccccc2)cc(-c2nc(-c3ccc(-c4ccccc4)cc3)nc(-c3cc(-c4ccccc4)cc(-c4ccccc4)c3)n2)cc1-c1ccccc1. The molecule has 2 aromatic heterocycles. The van der Waals surface area contributed by atoms with Crippen LogP contribution in [0.1, 0.15) is 5.56 Å². The van der Waals surface area contributed by atoms with Crippen molar-refractivity contribution >= 4 is 21.8 Å². The first-order chi connectivity index (χ1) is 33.6. The minimum absolute atomic E-state index is 0.585. The number of rotatable bonds is 9.